The molecular weight excluding hydrogens is 356 g/mol. The minimum absolute atomic E-state index is 0.00628. The van der Waals surface area contributed by atoms with Crippen molar-refractivity contribution in [2.75, 3.05) is 22.1 Å². The van der Waals surface area contributed by atoms with E-state index >= 15 is 0 Å². The van der Waals surface area contributed by atoms with Crippen LogP contribution in [0, 0.1) is 13.8 Å². The second-order valence-corrected chi connectivity index (χ2v) is 7.03. The quantitative estimate of drug-likeness (QED) is 0.761. The minimum atomic E-state index is -0.369. The summed E-state index contributed by atoms with van der Waals surface area (Å²) in [5.41, 5.74) is 4.41. The summed E-state index contributed by atoms with van der Waals surface area (Å²) in [7, 11) is 0. The van der Waals surface area contributed by atoms with Gasteiger partial charge in [0, 0.05) is 37.0 Å². The Morgan fingerprint density at radius 1 is 0.964 bits per heavy atom. The van der Waals surface area contributed by atoms with Gasteiger partial charge in [0.15, 0.2) is 0 Å². The van der Waals surface area contributed by atoms with Crippen molar-refractivity contribution in [1.82, 2.24) is 5.32 Å². The number of hydrogen-bond donors (Lipinski definition) is 3. The molecule has 0 aromatic heterocycles. The van der Waals surface area contributed by atoms with E-state index in [1.165, 1.54) is 12.5 Å². The molecule has 0 aliphatic carbocycles. The summed E-state index contributed by atoms with van der Waals surface area (Å²) in [5, 5.41) is 8.26. The first-order valence-electron chi connectivity index (χ1n) is 9.14. The second kappa shape index (κ2) is 8.12. The van der Waals surface area contributed by atoms with Crippen molar-refractivity contribution < 1.29 is 14.4 Å². The molecule has 4 amide bonds. The number of benzene rings is 2. The third-order valence-corrected chi connectivity index (χ3v) is 4.73. The number of urea groups is 1. The van der Waals surface area contributed by atoms with Gasteiger partial charge >= 0.3 is 6.03 Å². The van der Waals surface area contributed by atoms with E-state index in [4.69, 9.17) is 0 Å². The molecule has 1 saturated heterocycles. The van der Waals surface area contributed by atoms with Crippen LogP contribution in [0.1, 0.15) is 24.5 Å². The number of carbonyl (C=O) groups excluding carboxylic acids is 3. The molecule has 1 aliphatic heterocycles. The van der Waals surface area contributed by atoms with Gasteiger partial charge < -0.3 is 20.9 Å². The van der Waals surface area contributed by atoms with Crippen molar-refractivity contribution in [3.63, 3.8) is 0 Å². The fourth-order valence-corrected chi connectivity index (χ4v) is 3.14. The molecule has 1 atom stereocenters. The monoisotopic (exact) mass is 380 g/mol. The number of anilines is 3. The third-order valence-electron chi connectivity index (χ3n) is 4.73. The van der Waals surface area contributed by atoms with Crippen LogP contribution >= 0.6 is 0 Å². The topological polar surface area (TPSA) is 90.5 Å². The number of hydrogen-bond acceptors (Lipinski definition) is 3. The molecule has 28 heavy (non-hydrogen) atoms. The molecule has 2 aromatic carbocycles. The normalized spacial score (nSPS) is 16.0. The van der Waals surface area contributed by atoms with E-state index in [-0.39, 0.29) is 30.3 Å². The number of nitrogens with one attached hydrogen (secondary N) is 3. The van der Waals surface area contributed by atoms with E-state index in [2.05, 4.69) is 16.0 Å². The standard InChI is InChI=1S/C21H24N4O3/c1-13-4-9-19(10-14(13)2)25-12-18(11-20(25)27)24-21(28)23-17-7-5-16(6-8-17)22-15(3)26/h4-10,18H,11-12H2,1-3H3,(H,22,26)(H2,23,24,28). The van der Waals surface area contributed by atoms with Crippen LogP contribution in [0.25, 0.3) is 0 Å². The molecule has 0 bridgehead atoms. The average molecular weight is 380 g/mol. The molecule has 0 saturated carbocycles. The number of amides is 4. The highest BCUT2D eigenvalue weighted by molar-refractivity contribution is 5.98. The lowest BCUT2D eigenvalue weighted by Crippen LogP contribution is -2.39. The summed E-state index contributed by atoms with van der Waals surface area (Å²) < 4.78 is 0. The summed E-state index contributed by atoms with van der Waals surface area (Å²) in [6.45, 7) is 5.92. The van der Waals surface area contributed by atoms with Gasteiger partial charge in [-0.3, -0.25) is 9.59 Å². The maximum atomic E-state index is 12.4. The first-order chi connectivity index (χ1) is 13.3. The van der Waals surface area contributed by atoms with Gasteiger partial charge in [0.25, 0.3) is 0 Å². The van der Waals surface area contributed by atoms with Crippen LogP contribution < -0.4 is 20.9 Å². The number of rotatable bonds is 4. The Hall–Kier alpha value is -3.35. The summed E-state index contributed by atoms with van der Waals surface area (Å²) in [6.07, 6.45) is 0.266. The van der Waals surface area contributed by atoms with Crippen LogP contribution in [0.15, 0.2) is 42.5 Å². The van der Waals surface area contributed by atoms with Crippen molar-refractivity contribution in [2.24, 2.45) is 0 Å². The van der Waals surface area contributed by atoms with Crippen molar-refractivity contribution >= 4 is 34.9 Å². The molecule has 1 heterocycles. The summed E-state index contributed by atoms with van der Waals surface area (Å²) in [5.74, 6) is -0.161. The van der Waals surface area contributed by atoms with Gasteiger partial charge in [-0.1, -0.05) is 6.07 Å². The van der Waals surface area contributed by atoms with Crippen molar-refractivity contribution in [3.05, 3.63) is 53.6 Å². The molecule has 3 N–H and O–H groups in total. The number of nitrogens with zero attached hydrogens (tertiary/aromatic N) is 1. The van der Waals surface area contributed by atoms with Gasteiger partial charge in [-0.15, -0.1) is 0 Å². The molecule has 7 nitrogen and oxygen atoms in total. The lowest BCUT2D eigenvalue weighted by molar-refractivity contribution is -0.117. The third kappa shape index (κ3) is 4.68. The zero-order chi connectivity index (χ0) is 20.3. The Labute approximate surface area is 164 Å². The fraction of sp³-hybridized carbons (Fsp3) is 0.286. The highest BCUT2D eigenvalue weighted by Gasteiger charge is 2.31. The molecule has 1 unspecified atom stereocenters. The molecular formula is C21H24N4O3. The van der Waals surface area contributed by atoms with Crippen molar-refractivity contribution in [2.45, 2.75) is 33.2 Å². The molecule has 146 valence electrons. The van der Waals surface area contributed by atoms with Gasteiger partial charge in [-0.2, -0.15) is 0 Å². The highest BCUT2D eigenvalue weighted by Crippen LogP contribution is 2.24. The lowest BCUT2D eigenvalue weighted by atomic mass is 10.1. The van der Waals surface area contributed by atoms with Crippen LogP contribution in [0.4, 0.5) is 21.9 Å². The SMILES string of the molecule is CC(=O)Nc1ccc(NC(=O)NC2CC(=O)N(c3ccc(C)c(C)c3)C2)cc1. The zero-order valence-corrected chi connectivity index (χ0v) is 16.2. The second-order valence-electron chi connectivity index (χ2n) is 7.03. The highest BCUT2D eigenvalue weighted by atomic mass is 16.2. The summed E-state index contributed by atoms with van der Waals surface area (Å²) in [6, 6.07) is 12.1. The first-order valence-corrected chi connectivity index (χ1v) is 9.14. The van der Waals surface area contributed by atoms with E-state index in [1.54, 1.807) is 29.2 Å². The average Bonchev–Trinajstić information content (AvgIpc) is 2.98. The molecule has 7 heteroatoms. The van der Waals surface area contributed by atoms with E-state index in [0.29, 0.717) is 17.9 Å². The number of aryl methyl sites for hydroxylation is 2. The smallest absolute Gasteiger partial charge is 0.319 e. The largest absolute Gasteiger partial charge is 0.333 e. The molecule has 0 spiro atoms. The maximum Gasteiger partial charge on any atom is 0.319 e. The first kappa shape index (κ1) is 19.4. The predicted octanol–water partition coefficient (Wildman–Crippen LogP) is 3.19. The van der Waals surface area contributed by atoms with Gasteiger partial charge in [0.2, 0.25) is 11.8 Å². The Balaban J connectivity index is 1.56. The van der Waals surface area contributed by atoms with Crippen LogP contribution in [-0.4, -0.2) is 30.4 Å². The van der Waals surface area contributed by atoms with Gasteiger partial charge in [-0.05, 0) is 61.4 Å². The van der Waals surface area contributed by atoms with Crippen LogP contribution in [-0.2, 0) is 9.59 Å². The Morgan fingerprint density at radius 3 is 2.21 bits per heavy atom. The van der Waals surface area contributed by atoms with E-state index in [0.717, 1.165) is 11.3 Å². The molecule has 0 radical (unpaired) electrons. The van der Waals surface area contributed by atoms with Gasteiger partial charge in [-0.25, -0.2) is 4.79 Å². The van der Waals surface area contributed by atoms with Gasteiger partial charge in [0.1, 0.15) is 0 Å². The zero-order valence-electron chi connectivity index (χ0n) is 16.2. The Kier molecular flexibility index (Phi) is 5.63. The van der Waals surface area contributed by atoms with E-state index in [9.17, 15) is 14.4 Å². The molecule has 1 fully saturated rings. The molecule has 1 aliphatic rings. The minimum Gasteiger partial charge on any atom is -0.333 e. The summed E-state index contributed by atoms with van der Waals surface area (Å²) in [4.78, 5) is 37.4. The lowest BCUT2D eigenvalue weighted by Gasteiger charge is -2.18. The van der Waals surface area contributed by atoms with E-state index in [1.807, 2.05) is 32.0 Å². The maximum absolute atomic E-state index is 12.4. The van der Waals surface area contributed by atoms with Crippen LogP contribution in [0.3, 0.4) is 0 Å². The summed E-state index contributed by atoms with van der Waals surface area (Å²) >= 11 is 0. The van der Waals surface area contributed by atoms with Gasteiger partial charge in [0.05, 0.1) is 6.04 Å². The van der Waals surface area contributed by atoms with Crippen molar-refractivity contribution in [3.8, 4) is 0 Å². The Morgan fingerprint density at radius 2 is 1.61 bits per heavy atom. The van der Waals surface area contributed by atoms with Crippen LogP contribution in [0.5, 0.6) is 0 Å². The predicted molar refractivity (Wildman–Crippen MR) is 110 cm³/mol. The molecule has 3 rings (SSSR count). The number of carbonyl (C=O) groups is 3. The Bertz CT molecular complexity index is 908. The van der Waals surface area contributed by atoms with Crippen LogP contribution in [0.2, 0.25) is 0 Å². The van der Waals surface area contributed by atoms with E-state index < -0.39 is 0 Å². The van der Waals surface area contributed by atoms with Crippen molar-refractivity contribution in [1.29, 1.82) is 0 Å². The molecule has 2 aromatic rings. The fourth-order valence-electron chi connectivity index (χ4n) is 3.14.